The minimum Gasteiger partial charge on any atom is -0.381 e. The summed E-state index contributed by atoms with van der Waals surface area (Å²) in [7, 11) is 0. The number of hydrogen-bond donors (Lipinski definition) is 1. The second-order valence-electron chi connectivity index (χ2n) is 9.49. The molecule has 5 nitrogen and oxygen atoms in total. The van der Waals surface area contributed by atoms with Crippen molar-refractivity contribution in [1.29, 1.82) is 0 Å². The summed E-state index contributed by atoms with van der Waals surface area (Å²) in [6.07, 6.45) is 15.5. The SMILES string of the molecule is C=C/C=C\c1c(-c2csc(/C(=C/C(=C\CC)C(C)=O)C(C)=O)n2)c[nH]c1C.CC.CC1CCOC1.CCC.CCC. The number of hydrogen-bond acceptors (Lipinski definition) is 5. The molecule has 1 N–H and O–H groups in total. The number of allylic oxidation sites excluding steroid dienone is 6. The fourth-order valence-corrected chi connectivity index (χ4v) is 4.18. The number of Topliss-reactive ketones (excluding diaryl/α,β-unsaturated/α-hetero) is 2. The third-order valence-corrected chi connectivity index (χ3v) is 6.08. The number of aryl methyl sites for hydroxylation is 1. The molecule has 0 aliphatic carbocycles. The number of rotatable bonds is 8. The number of nitrogens with zero attached hydrogens (tertiary/aromatic N) is 1. The molecule has 1 aliphatic rings. The zero-order valence-electron chi connectivity index (χ0n) is 27.6. The highest BCUT2D eigenvalue weighted by atomic mass is 32.1. The largest absolute Gasteiger partial charge is 0.381 e. The maximum Gasteiger partial charge on any atom is 0.162 e. The Morgan fingerprint density at radius 2 is 1.73 bits per heavy atom. The molecular weight excluding hydrogens is 528 g/mol. The van der Waals surface area contributed by atoms with Crippen LogP contribution in [0.5, 0.6) is 0 Å². The second-order valence-corrected chi connectivity index (χ2v) is 10.4. The summed E-state index contributed by atoms with van der Waals surface area (Å²) in [6, 6.07) is 0. The van der Waals surface area contributed by atoms with Crippen molar-refractivity contribution in [1.82, 2.24) is 9.97 Å². The molecule has 2 aromatic rings. The van der Waals surface area contributed by atoms with Gasteiger partial charge in [-0.1, -0.05) is 99.1 Å². The van der Waals surface area contributed by atoms with Crippen LogP contribution in [-0.2, 0) is 14.3 Å². The number of H-pyrrole nitrogens is 1. The van der Waals surface area contributed by atoms with Crippen LogP contribution >= 0.6 is 11.3 Å². The highest BCUT2D eigenvalue weighted by Gasteiger charge is 2.17. The van der Waals surface area contributed by atoms with Gasteiger partial charge in [-0.3, -0.25) is 9.59 Å². The van der Waals surface area contributed by atoms with Gasteiger partial charge in [0, 0.05) is 47.2 Å². The smallest absolute Gasteiger partial charge is 0.162 e. The average Bonchev–Trinajstić information content (AvgIpc) is 3.69. The molecule has 0 radical (unpaired) electrons. The van der Waals surface area contributed by atoms with Gasteiger partial charge in [-0.2, -0.15) is 0 Å². The van der Waals surface area contributed by atoms with Gasteiger partial charge in [0.1, 0.15) is 5.01 Å². The van der Waals surface area contributed by atoms with Crippen LogP contribution in [0.1, 0.15) is 111 Å². The molecule has 0 aromatic carbocycles. The molecule has 1 saturated heterocycles. The summed E-state index contributed by atoms with van der Waals surface area (Å²) < 4.78 is 5.06. The Balaban J connectivity index is 0. The van der Waals surface area contributed by atoms with Crippen molar-refractivity contribution < 1.29 is 14.3 Å². The molecule has 1 fully saturated rings. The molecule has 0 spiro atoms. The topological polar surface area (TPSA) is 72.0 Å². The molecule has 0 amide bonds. The minimum absolute atomic E-state index is 0.0644. The van der Waals surface area contributed by atoms with Gasteiger partial charge in [0.05, 0.1) is 11.3 Å². The predicted molar refractivity (Wildman–Crippen MR) is 181 cm³/mol. The minimum atomic E-state index is -0.115. The van der Waals surface area contributed by atoms with E-state index in [9.17, 15) is 9.59 Å². The van der Waals surface area contributed by atoms with Crippen LogP contribution in [-0.4, -0.2) is 34.7 Å². The summed E-state index contributed by atoms with van der Waals surface area (Å²) in [5.41, 5.74) is 4.81. The van der Waals surface area contributed by atoms with Crippen molar-refractivity contribution >= 4 is 34.6 Å². The first kappa shape index (κ1) is 40.3. The number of aromatic amines is 1. The molecular formula is C35H56N2O3S. The van der Waals surface area contributed by atoms with Crippen molar-refractivity contribution in [2.45, 2.75) is 102 Å². The van der Waals surface area contributed by atoms with Gasteiger partial charge >= 0.3 is 0 Å². The number of carbonyl (C=O) groups excluding carboxylic acids is 2. The van der Waals surface area contributed by atoms with Crippen molar-refractivity contribution in [3.63, 3.8) is 0 Å². The number of thiazole rings is 1. The Labute approximate surface area is 254 Å². The van der Waals surface area contributed by atoms with E-state index in [4.69, 9.17) is 4.74 Å². The van der Waals surface area contributed by atoms with E-state index in [1.807, 2.05) is 57.5 Å². The van der Waals surface area contributed by atoms with Gasteiger partial charge in [-0.05, 0) is 45.6 Å². The number of carbonyl (C=O) groups is 2. The molecule has 2 aromatic heterocycles. The molecule has 1 unspecified atom stereocenters. The van der Waals surface area contributed by atoms with E-state index < -0.39 is 0 Å². The number of aromatic nitrogens is 2. The van der Waals surface area contributed by atoms with Crippen molar-refractivity contribution in [3.8, 4) is 11.3 Å². The zero-order valence-corrected chi connectivity index (χ0v) is 28.5. The highest BCUT2D eigenvalue weighted by molar-refractivity contribution is 7.11. The van der Waals surface area contributed by atoms with E-state index in [0.29, 0.717) is 16.2 Å². The van der Waals surface area contributed by atoms with Crippen LogP contribution in [0.3, 0.4) is 0 Å². The van der Waals surface area contributed by atoms with Crippen LogP contribution in [0.4, 0.5) is 0 Å². The number of ketones is 2. The summed E-state index contributed by atoms with van der Waals surface area (Å²) in [5, 5.41) is 2.54. The van der Waals surface area contributed by atoms with Crippen molar-refractivity contribution in [3.05, 3.63) is 64.3 Å². The van der Waals surface area contributed by atoms with E-state index in [1.54, 1.807) is 12.2 Å². The Bertz CT molecular complexity index is 1090. The van der Waals surface area contributed by atoms with Gasteiger partial charge in [0.25, 0.3) is 0 Å². The van der Waals surface area contributed by atoms with E-state index in [-0.39, 0.29) is 11.6 Å². The first-order valence-electron chi connectivity index (χ1n) is 15.1. The predicted octanol–water partition coefficient (Wildman–Crippen LogP) is 10.4. The molecule has 1 aliphatic heterocycles. The maximum absolute atomic E-state index is 12.2. The molecule has 3 rings (SSSR count). The van der Waals surface area contributed by atoms with Gasteiger partial charge in [-0.25, -0.2) is 4.98 Å². The van der Waals surface area contributed by atoms with E-state index >= 15 is 0 Å². The summed E-state index contributed by atoms with van der Waals surface area (Å²) in [6.45, 7) is 27.3. The van der Waals surface area contributed by atoms with Gasteiger partial charge in [0.2, 0.25) is 0 Å². The van der Waals surface area contributed by atoms with E-state index in [0.717, 1.165) is 48.1 Å². The Morgan fingerprint density at radius 1 is 1.12 bits per heavy atom. The fourth-order valence-electron chi connectivity index (χ4n) is 3.30. The highest BCUT2D eigenvalue weighted by Crippen LogP contribution is 2.31. The lowest BCUT2D eigenvalue weighted by Crippen LogP contribution is -2.00. The third-order valence-electron chi connectivity index (χ3n) is 5.20. The van der Waals surface area contributed by atoms with E-state index in [1.165, 1.54) is 44.4 Å². The Hall–Kier alpha value is -2.83. The lowest BCUT2D eigenvalue weighted by molar-refractivity contribution is -0.113. The number of nitrogens with one attached hydrogen (secondary N) is 1. The molecule has 1 atom stereocenters. The van der Waals surface area contributed by atoms with Crippen LogP contribution in [0.2, 0.25) is 0 Å². The van der Waals surface area contributed by atoms with Crippen LogP contribution in [0.25, 0.3) is 22.9 Å². The molecule has 0 saturated carbocycles. The molecule has 230 valence electrons. The quantitative estimate of drug-likeness (QED) is 0.247. The average molecular weight is 585 g/mol. The standard InChI is InChI=1S/C22H24N2O2S.C5H10O.2C3H8.C2H6/c1-6-8-10-18-14(3)23-12-20(18)21-13-27-22(24-21)19(16(5)26)11-17(9-7-2)15(4)25;1-5-2-3-6-4-5;2*1-3-2;1-2/h6,8-13,23H,1,7H2,2-5H3;5H,2-4H2,1H3;2*3H2,1-2H3;1-2H3/b10-8-,17-9+,19-11+;;;;. The zero-order chi connectivity index (χ0) is 31.8. The normalized spacial score (nSPS) is 14.4. The number of ether oxygens (including phenoxy) is 1. The van der Waals surface area contributed by atoms with Crippen LogP contribution < -0.4 is 0 Å². The maximum atomic E-state index is 12.2. The first-order valence-corrected chi connectivity index (χ1v) is 15.9. The lowest BCUT2D eigenvalue weighted by atomic mass is 10.0. The second kappa shape index (κ2) is 24.9. The Morgan fingerprint density at radius 3 is 2.15 bits per heavy atom. The third kappa shape index (κ3) is 16.3. The summed E-state index contributed by atoms with van der Waals surface area (Å²) >= 11 is 1.40. The molecule has 41 heavy (non-hydrogen) atoms. The monoisotopic (exact) mass is 584 g/mol. The molecule has 3 heterocycles. The molecule has 0 bridgehead atoms. The summed E-state index contributed by atoms with van der Waals surface area (Å²) in [4.78, 5) is 31.9. The fraction of sp³-hybridized carbons (Fsp3) is 0.514. The first-order chi connectivity index (χ1) is 19.6. The van der Waals surface area contributed by atoms with Gasteiger partial charge < -0.3 is 9.72 Å². The van der Waals surface area contributed by atoms with Crippen LogP contribution in [0, 0.1) is 12.8 Å². The van der Waals surface area contributed by atoms with Crippen molar-refractivity contribution in [2.75, 3.05) is 13.2 Å². The Kier molecular flexibility index (Phi) is 24.5. The van der Waals surface area contributed by atoms with Gasteiger partial charge in [-0.15, -0.1) is 11.3 Å². The van der Waals surface area contributed by atoms with Crippen molar-refractivity contribution in [2.24, 2.45) is 5.92 Å². The van der Waals surface area contributed by atoms with E-state index in [2.05, 4.69) is 51.2 Å². The van der Waals surface area contributed by atoms with Gasteiger partial charge in [0.15, 0.2) is 11.6 Å². The molecule has 6 heteroatoms. The lowest BCUT2D eigenvalue weighted by Gasteiger charge is -2.02. The summed E-state index contributed by atoms with van der Waals surface area (Å²) in [5.74, 6) is 0.645. The van der Waals surface area contributed by atoms with Crippen LogP contribution in [0.15, 0.2) is 48.0 Å².